The molecule has 0 aliphatic heterocycles. The quantitative estimate of drug-likeness (QED) is 0.285. The molecular weight excluding hydrogens is 448 g/mol. The van der Waals surface area contributed by atoms with Crippen molar-refractivity contribution >= 4 is 34.6 Å². The van der Waals surface area contributed by atoms with Gasteiger partial charge in [0, 0.05) is 34.6 Å². The van der Waals surface area contributed by atoms with Crippen LogP contribution in [0.15, 0.2) is 109 Å². The molecule has 6 heteroatoms. The van der Waals surface area contributed by atoms with Crippen LogP contribution in [0.3, 0.4) is 0 Å². The molecule has 6 N–H and O–H groups in total. The number of carbonyl (C=O) groups is 2. The largest absolute Gasteiger partial charge is 0.399 e. The second-order valence-corrected chi connectivity index (χ2v) is 9.15. The molecule has 0 atom stereocenters. The summed E-state index contributed by atoms with van der Waals surface area (Å²) in [5.74, 6) is -1.86. The third-order valence-electron chi connectivity index (χ3n) is 6.88. The van der Waals surface area contributed by atoms with Crippen LogP contribution < -0.4 is 22.1 Å². The van der Waals surface area contributed by atoms with Crippen molar-refractivity contribution in [3.63, 3.8) is 0 Å². The Morgan fingerprint density at radius 1 is 0.500 bits per heavy atom. The molecule has 6 nitrogen and oxygen atoms in total. The molecule has 0 saturated heterocycles. The summed E-state index contributed by atoms with van der Waals surface area (Å²) in [6.07, 6.45) is 0. The minimum Gasteiger partial charge on any atom is -0.399 e. The minimum atomic E-state index is -0.469. The van der Waals surface area contributed by atoms with Gasteiger partial charge in [0.05, 0.1) is 11.8 Å². The van der Waals surface area contributed by atoms with Gasteiger partial charge in [-0.15, -0.1) is 0 Å². The molecule has 0 heterocycles. The van der Waals surface area contributed by atoms with Crippen LogP contribution in [0, 0.1) is 11.8 Å². The molecule has 1 aliphatic carbocycles. The third kappa shape index (κ3) is 4.66. The number of rotatable bonds is 6. The number of anilines is 4. The number of nitrogens with two attached hydrogens (primary N) is 2. The Morgan fingerprint density at radius 2 is 0.833 bits per heavy atom. The van der Waals surface area contributed by atoms with E-state index < -0.39 is 11.8 Å². The summed E-state index contributed by atoms with van der Waals surface area (Å²) in [5, 5.41) is 6.11. The van der Waals surface area contributed by atoms with Gasteiger partial charge in [0.2, 0.25) is 11.8 Å². The first-order valence-electron chi connectivity index (χ1n) is 11.9. The Kier molecular flexibility index (Phi) is 6.41. The average Bonchev–Trinajstić information content (AvgIpc) is 2.87. The summed E-state index contributed by atoms with van der Waals surface area (Å²) in [7, 11) is 0. The number of para-hydroxylation sites is 2. The molecule has 4 aromatic rings. The van der Waals surface area contributed by atoms with Gasteiger partial charge in [-0.2, -0.15) is 0 Å². The zero-order valence-corrected chi connectivity index (χ0v) is 19.7. The van der Waals surface area contributed by atoms with Gasteiger partial charge in [-0.3, -0.25) is 9.59 Å². The predicted molar refractivity (Wildman–Crippen MR) is 144 cm³/mol. The molecule has 4 aromatic carbocycles. The molecule has 5 rings (SSSR count). The van der Waals surface area contributed by atoms with Crippen LogP contribution in [-0.2, 0) is 9.59 Å². The number of carbonyl (C=O) groups excluding carboxylic acids is 2. The van der Waals surface area contributed by atoms with E-state index in [0.717, 1.165) is 11.1 Å². The molecule has 0 radical (unpaired) electrons. The van der Waals surface area contributed by atoms with Gasteiger partial charge in [-0.05, 0) is 59.7 Å². The highest BCUT2D eigenvalue weighted by Gasteiger charge is 2.58. The lowest BCUT2D eigenvalue weighted by molar-refractivity contribution is -0.134. The van der Waals surface area contributed by atoms with Crippen molar-refractivity contribution in [3.8, 4) is 0 Å². The topological polar surface area (TPSA) is 110 Å². The maximum atomic E-state index is 13.7. The van der Waals surface area contributed by atoms with E-state index >= 15 is 0 Å². The number of nitrogen functional groups attached to an aromatic ring is 2. The first-order valence-corrected chi connectivity index (χ1v) is 11.9. The second kappa shape index (κ2) is 9.96. The van der Waals surface area contributed by atoms with Gasteiger partial charge in [0.15, 0.2) is 0 Å². The van der Waals surface area contributed by atoms with Crippen LogP contribution >= 0.6 is 0 Å². The van der Waals surface area contributed by atoms with Gasteiger partial charge in [0.1, 0.15) is 0 Å². The first-order chi connectivity index (χ1) is 17.5. The van der Waals surface area contributed by atoms with E-state index in [4.69, 9.17) is 11.5 Å². The highest BCUT2D eigenvalue weighted by Crippen LogP contribution is 2.58. The van der Waals surface area contributed by atoms with E-state index in [0.29, 0.717) is 22.7 Å². The molecule has 0 aromatic heterocycles. The van der Waals surface area contributed by atoms with Crippen LogP contribution in [0.4, 0.5) is 22.7 Å². The van der Waals surface area contributed by atoms with E-state index in [-0.39, 0.29) is 23.7 Å². The summed E-state index contributed by atoms with van der Waals surface area (Å²) in [5.41, 5.74) is 16.4. The maximum absolute atomic E-state index is 13.7. The van der Waals surface area contributed by atoms with E-state index in [1.165, 1.54) is 0 Å². The summed E-state index contributed by atoms with van der Waals surface area (Å²) in [6.45, 7) is 0. The van der Waals surface area contributed by atoms with Crippen LogP contribution in [0.2, 0.25) is 0 Å². The normalized spacial score (nSPS) is 20.7. The van der Waals surface area contributed by atoms with Gasteiger partial charge < -0.3 is 22.1 Å². The van der Waals surface area contributed by atoms with Crippen LogP contribution in [0.5, 0.6) is 0 Å². The minimum absolute atomic E-state index is 0.131. The number of hydrogen-bond acceptors (Lipinski definition) is 4. The first kappa shape index (κ1) is 23.2. The average molecular weight is 477 g/mol. The van der Waals surface area contributed by atoms with Gasteiger partial charge in [-0.1, -0.05) is 60.7 Å². The molecule has 1 fully saturated rings. The smallest absolute Gasteiger partial charge is 0.228 e. The van der Waals surface area contributed by atoms with Gasteiger partial charge in [-0.25, -0.2) is 0 Å². The monoisotopic (exact) mass is 476 g/mol. The standard InChI is InChI=1S/C30H28N4O2/c31-21-15-11-19(12-16-21)25-27(29(35)33-23-7-3-1-4-8-23)26(20-13-17-22(32)18-14-20)28(25)30(36)34-24-9-5-2-6-10-24/h1-18,25-28H,31-32H2,(H,33,35)(H,34,36). The van der Waals surface area contributed by atoms with Crippen molar-refractivity contribution in [1.82, 2.24) is 0 Å². The van der Waals surface area contributed by atoms with Crippen LogP contribution in [-0.4, -0.2) is 11.8 Å². The fourth-order valence-electron chi connectivity index (χ4n) is 5.16. The molecular formula is C30H28N4O2. The van der Waals surface area contributed by atoms with Crippen LogP contribution in [0.1, 0.15) is 23.0 Å². The van der Waals surface area contributed by atoms with Crippen molar-refractivity contribution < 1.29 is 9.59 Å². The summed E-state index contributed by atoms with van der Waals surface area (Å²) < 4.78 is 0. The lowest BCUT2D eigenvalue weighted by Crippen LogP contribution is -2.53. The Hall–Kier alpha value is -4.58. The van der Waals surface area contributed by atoms with Crippen molar-refractivity contribution in [1.29, 1.82) is 0 Å². The zero-order valence-electron chi connectivity index (χ0n) is 19.7. The molecule has 180 valence electrons. The Labute approximate surface area is 210 Å². The van der Waals surface area contributed by atoms with Gasteiger partial charge in [0.25, 0.3) is 0 Å². The van der Waals surface area contributed by atoms with E-state index in [2.05, 4.69) is 10.6 Å². The molecule has 0 spiro atoms. The Morgan fingerprint density at radius 3 is 1.17 bits per heavy atom. The SMILES string of the molecule is Nc1ccc(C2C(C(=O)Nc3ccccc3)C(c3ccc(N)cc3)C2C(=O)Nc2ccccc2)cc1. The second-order valence-electron chi connectivity index (χ2n) is 9.15. The van der Waals surface area contributed by atoms with Crippen molar-refractivity contribution in [2.45, 2.75) is 11.8 Å². The molecule has 1 saturated carbocycles. The summed E-state index contributed by atoms with van der Waals surface area (Å²) >= 11 is 0. The van der Waals surface area contributed by atoms with Crippen molar-refractivity contribution in [2.75, 3.05) is 22.1 Å². The molecule has 2 amide bonds. The van der Waals surface area contributed by atoms with Gasteiger partial charge >= 0.3 is 0 Å². The zero-order chi connectivity index (χ0) is 25.1. The highest BCUT2D eigenvalue weighted by molar-refractivity contribution is 6.00. The third-order valence-corrected chi connectivity index (χ3v) is 6.88. The molecule has 36 heavy (non-hydrogen) atoms. The summed E-state index contributed by atoms with van der Waals surface area (Å²) in [6, 6.07) is 33.6. The number of amides is 2. The Balaban J connectivity index is 1.55. The van der Waals surface area contributed by atoms with E-state index in [1.807, 2.05) is 109 Å². The predicted octanol–water partition coefficient (Wildman–Crippen LogP) is 5.24. The molecule has 0 bridgehead atoms. The number of benzene rings is 4. The van der Waals surface area contributed by atoms with Crippen molar-refractivity contribution in [2.24, 2.45) is 11.8 Å². The maximum Gasteiger partial charge on any atom is 0.228 e. The fraction of sp³-hybridized carbons (Fsp3) is 0.133. The highest BCUT2D eigenvalue weighted by atomic mass is 16.2. The van der Waals surface area contributed by atoms with E-state index in [1.54, 1.807) is 0 Å². The van der Waals surface area contributed by atoms with Crippen molar-refractivity contribution in [3.05, 3.63) is 120 Å². The lowest BCUT2D eigenvalue weighted by atomic mass is 9.52. The number of nitrogens with one attached hydrogen (secondary N) is 2. The lowest BCUT2D eigenvalue weighted by Gasteiger charge is -2.50. The fourth-order valence-corrected chi connectivity index (χ4v) is 5.16. The van der Waals surface area contributed by atoms with Crippen LogP contribution in [0.25, 0.3) is 0 Å². The molecule has 1 aliphatic rings. The molecule has 0 unspecified atom stereocenters. The number of hydrogen-bond donors (Lipinski definition) is 4. The Bertz CT molecular complexity index is 1220. The summed E-state index contributed by atoms with van der Waals surface area (Å²) in [4.78, 5) is 27.5. The van der Waals surface area contributed by atoms with E-state index in [9.17, 15) is 9.59 Å².